The summed E-state index contributed by atoms with van der Waals surface area (Å²) in [5, 5.41) is -0.171. The SMILES string of the molecule is COc1nccc(OC2CCCN(S(=O)(=O)C3CC3)C2)n1. The van der Waals surface area contributed by atoms with Crippen LogP contribution in [0.5, 0.6) is 11.9 Å². The quantitative estimate of drug-likeness (QED) is 0.800. The van der Waals surface area contributed by atoms with Gasteiger partial charge in [0.15, 0.2) is 0 Å². The van der Waals surface area contributed by atoms with Crippen LogP contribution < -0.4 is 9.47 Å². The Morgan fingerprint density at radius 2 is 2.14 bits per heavy atom. The molecule has 0 N–H and O–H groups in total. The predicted molar refractivity (Wildman–Crippen MR) is 75.7 cm³/mol. The highest BCUT2D eigenvalue weighted by atomic mass is 32.2. The zero-order chi connectivity index (χ0) is 14.9. The van der Waals surface area contributed by atoms with Crippen molar-refractivity contribution in [3.05, 3.63) is 12.3 Å². The van der Waals surface area contributed by atoms with Crippen LogP contribution in [0.3, 0.4) is 0 Å². The Bertz CT molecular complexity index is 603. The highest BCUT2D eigenvalue weighted by Crippen LogP contribution is 2.32. The maximum absolute atomic E-state index is 12.3. The summed E-state index contributed by atoms with van der Waals surface area (Å²) in [6, 6.07) is 1.89. The molecular formula is C13H19N3O4S. The lowest BCUT2D eigenvalue weighted by Crippen LogP contribution is -2.45. The van der Waals surface area contributed by atoms with Gasteiger partial charge in [-0.3, -0.25) is 0 Å². The van der Waals surface area contributed by atoms with Gasteiger partial charge in [-0.2, -0.15) is 9.29 Å². The second-order valence-corrected chi connectivity index (χ2v) is 7.58. The highest BCUT2D eigenvalue weighted by molar-refractivity contribution is 7.90. The van der Waals surface area contributed by atoms with Gasteiger partial charge in [0.25, 0.3) is 0 Å². The van der Waals surface area contributed by atoms with Crippen LogP contribution in [0, 0.1) is 0 Å². The first-order valence-electron chi connectivity index (χ1n) is 7.12. The molecule has 0 aromatic carbocycles. The average Bonchev–Trinajstić information content (AvgIpc) is 3.33. The van der Waals surface area contributed by atoms with Gasteiger partial charge >= 0.3 is 6.01 Å². The molecule has 0 amide bonds. The van der Waals surface area contributed by atoms with Gasteiger partial charge in [0.1, 0.15) is 6.10 Å². The molecule has 0 radical (unpaired) electrons. The number of nitrogens with zero attached hydrogens (tertiary/aromatic N) is 3. The predicted octanol–water partition coefficient (Wildman–Crippen LogP) is 0.821. The van der Waals surface area contributed by atoms with Gasteiger partial charge in [-0.15, -0.1) is 0 Å². The minimum Gasteiger partial charge on any atom is -0.473 e. The second kappa shape index (κ2) is 5.76. The minimum absolute atomic E-state index is 0.171. The van der Waals surface area contributed by atoms with Crippen molar-refractivity contribution in [3.8, 4) is 11.9 Å². The Morgan fingerprint density at radius 3 is 2.86 bits per heavy atom. The number of piperidine rings is 1. The molecule has 0 spiro atoms. The van der Waals surface area contributed by atoms with Gasteiger partial charge in [0.05, 0.1) is 18.9 Å². The lowest BCUT2D eigenvalue weighted by atomic mass is 10.1. The number of rotatable bonds is 5. The second-order valence-electron chi connectivity index (χ2n) is 5.37. The number of sulfonamides is 1. The number of methoxy groups -OCH3 is 1. The molecule has 8 heteroatoms. The van der Waals surface area contributed by atoms with Crippen LogP contribution in [0.25, 0.3) is 0 Å². The van der Waals surface area contributed by atoms with E-state index in [1.807, 2.05) is 0 Å². The van der Waals surface area contributed by atoms with Crippen LogP contribution in [0.1, 0.15) is 25.7 Å². The Balaban J connectivity index is 1.65. The molecule has 1 aliphatic heterocycles. The first-order valence-corrected chi connectivity index (χ1v) is 8.62. The van der Waals surface area contributed by atoms with E-state index in [2.05, 4.69) is 9.97 Å². The summed E-state index contributed by atoms with van der Waals surface area (Å²) in [4.78, 5) is 8.01. The monoisotopic (exact) mass is 313 g/mol. The van der Waals surface area contributed by atoms with E-state index in [-0.39, 0.29) is 17.4 Å². The Morgan fingerprint density at radius 1 is 1.33 bits per heavy atom. The van der Waals surface area contributed by atoms with Crippen molar-refractivity contribution in [2.45, 2.75) is 37.0 Å². The summed E-state index contributed by atoms with van der Waals surface area (Å²) < 4.78 is 36.8. The smallest absolute Gasteiger partial charge is 0.319 e. The molecule has 116 valence electrons. The van der Waals surface area contributed by atoms with Crippen molar-refractivity contribution in [2.75, 3.05) is 20.2 Å². The molecule has 1 aliphatic carbocycles. The molecule has 2 heterocycles. The molecule has 1 saturated carbocycles. The molecule has 21 heavy (non-hydrogen) atoms. The lowest BCUT2D eigenvalue weighted by Gasteiger charge is -2.31. The summed E-state index contributed by atoms with van der Waals surface area (Å²) in [5.74, 6) is 0.414. The van der Waals surface area contributed by atoms with Gasteiger partial charge in [0.2, 0.25) is 15.9 Å². The van der Waals surface area contributed by atoms with Crippen molar-refractivity contribution in [1.82, 2.24) is 14.3 Å². The third-order valence-corrected chi connectivity index (χ3v) is 6.09. The lowest BCUT2D eigenvalue weighted by molar-refractivity contribution is 0.123. The molecule has 1 aromatic rings. The molecule has 1 aromatic heterocycles. The summed E-state index contributed by atoms with van der Waals surface area (Å²) in [6.07, 6.45) is 4.58. The average molecular weight is 313 g/mol. The van der Waals surface area contributed by atoms with Gasteiger partial charge in [0, 0.05) is 18.8 Å². The molecule has 2 fully saturated rings. The molecule has 0 bridgehead atoms. The van der Waals surface area contributed by atoms with Gasteiger partial charge in [-0.25, -0.2) is 13.4 Å². The van der Waals surface area contributed by atoms with E-state index >= 15 is 0 Å². The number of aromatic nitrogens is 2. The fourth-order valence-electron chi connectivity index (χ4n) is 2.47. The topological polar surface area (TPSA) is 81.6 Å². The van der Waals surface area contributed by atoms with Crippen molar-refractivity contribution in [2.24, 2.45) is 0 Å². The first kappa shape index (κ1) is 14.5. The largest absolute Gasteiger partial charge is 0.473 e. The van der Waals surface area contributed by atoms with Gasteiger partial charge < -0.3 is 9.47 Å². The van der Waals surface area contributed by atoms with Crippen molar-refractivity contribution in [3.63, 3.8) is 0 Å². The van der Waals surface area contributed by atoms with Crippen LogP contribution in [-0.2, 0) is 10.0 Å². The molecule has 1 unspecified atom stereocenters. The first-order chi connectivity index (χ1) is 10.1. The highest BCUT2D eigenvalue weighted by Gasteiger charge is 2.41. The standard InChI is InChI=1S/C13H19N3O4S/c1-19-13-14-7-6-12(15-13)20-10-3-2-8-16(9-10)21(17,18)11-4-5-11/h6-7,10-11H,2-5,8-9H2,1H3. The maximum atomic E-state index is 12.3. The van der Waals surface area contributed by atoms with Crippen LogP contribution in [0.15, 0.2) is 12.3 Å². The summed E-state index contributed by atoms with van der Waals surface area (Å²) in [6.45, 7) is 0.983. The van der Waals surface area contributed by atoms with Crippen LogP contribution in [0.4, 0.5) is 0 Å². The molecule has 2 aliphatic rings. The Hall–Kier alpha value is -1.41. The van der Waals surface area contributed by atoms with Crippen LogP contribution in [0.2, 0.25) is 0 Å². The van der Waals surface area contributed by atoms with E-state index in [1.54, 1.807) is 16.6 Å². The Labute approximate surface area is 124 Å². The molecule has 7 nitrogen and oxygen atoms in total. The number of hydrogen-bond donors (Lipinski definition) is 0. The third-order valence-electron chi connectivity index (χ3n) is 3.72. The van der Waals surface area contributed by atoms with E-state index in [0.717, 1.165) is 25.7 Å². The third kappa shape index (κ3) is 3.26. The van der Waals surface area contributed by atoms with Crippen molar-refractivity contribution in [1.29, 1.82) is 0 Å². The molecule has 1 saturated heterocycles. The van der Waals surface area contributed by atoms with Gasteiger partial charge in [-0.05, 0) is 25.7 Å². The van der Waals surface area contributed by atoms with E-state index in [9.17, 15) is 8.42 Å². The molecule has 3 rings (SSSR count). The van der Waals surface area contributed by atoms with Crippen molar-refractivity contribution < 1.29 is 17.9 Å². The van der Waals surface area contributed by atoms with E-state index in [0.29, 0.717) is 19.0 Å². The normalized spacial score (nSPS) is 23.8. The summed E-state index contributed by atoms with van der Waals surface area (Å²) >= 11 is 0. The fraction of sp³-hybridized carbons (Fsp3) is 0.692. The van der Waals surface area contributed by atoms with E-state index < -0.39 is 10.0 Å². The zero-order valence-electron chi connectivity index (χ0n) is 11.9. The number of hydrogen-bond acceptors (Lipinski definition) is 6. The van der Waals surface area contributed by atoms with Crippen LogP contribution >= 0.6 is 0 Å². The van der Waals surface area contributed by atoms with Crippen molar-refractivity contribution >= 4 is 10.0 Å². The van der Waals surface area contributed by atoms with E-state index in [1.165, 1.54) is 7.11 Å². The molecule has 1 atom stereocenters. The van der Waals surface area contributed by atoms with Crippen LogP contribution in [-0.4, -0.2) is 54.2 Å². The summed E-state index contributed by atoms with van der Waals surface area (Å²) in [5.41, 5.74) is 0. The maximum Gasteiger partial charge on any atom is 0.319 e. The Kier molecular flexibility index (Phi) is 3.99. The summed E-state index contributed by atoms with van der Waals surface area (Å²) in [7, 11) is -1.64. The molecular weight excluding hydrogens is 294 g/mol. The van der Waals surface area contributed by atoms with Gasteiger partial charge in [-0.1, -0.05) is 0 Å². The number of ether oxygens (including phenoxy) is 2. The van der Waals surface area contributed by atoms with E-state index in [4.69, 9.17) is 9.47 Å². The fourth-order valence-corrected chi connectivity index (χ4v) is 4.38. The minimum atomic E-state index is -3.13. The zero-order valence-corrected chi connectivity index (χ0v) is 12.8.